The first kappa shape index (κ1) is 16.3. The summed E-state index contributed by atoms with van der Waals surface area (Å²) in [6.07, 6.45) is 0.482. The van der Waals surface area contributed by atoms with Gasteiger partial charge in [0.2, 0.25) is 5.91 Å². The average molecular weight is 331 g/mol. The number of halogens is 1. The van der Waals surface area contributed by atoms with Gasteiger partial charge in [-0.1, -0.05) is 12.1 Å². The summed E-state index contributed by atoms with van der Waals surface area (Å²) in [4.78, 5) is 12.0. The first-order chi connectivity index (χ1) is 9.85. The Morgan fingerprint density at radius 2 is 2.29 bits per heavy atom. The molecule has 2 rings (SSSR count). The Morgan fingerprint density at radius 3 is 2.90 bits per heavy atom. The fourth-order valence-corrected chi connectivity index (χ4v) is 4.67. The van der Waals surface area contributed by atoms with Crippen LogP contribution in [0.5, 0.6) is 0 Å². The molecule has 1 N–H and O–H groups in total. The van der Waals surface area contributed by atoms with Crippen LogP contribution in [0.25, 0.3) is 0 Å². The van der Waals surface area contributed by atoms with Crippen LogP contribution in [0.2, 0.25) is 0 Å². The maximum Gasteiger partial charge on any atom is 0.233 e. The molecule has 0 aliphatic carbocycles. The van der Waals surface area contributed by atoms with Crippen LogP contribution in [0.3, 0.4) is 0 Å². The topological polar surface area (TPSA) is 63.2 Å². The van der Waals surface area contributed by atoms with Gasteiger partial charge in [0.1, 0.15) is 5.82 Å². The molecule has 116 valence electrons. The molecular formula is C14H18FNO3S2. The Labute approximate surface area is 128 Å². The number of rotatable bonds is 5. The second-order valence-electron chi connectivity index (χ2n) is 5.19. The molecule has 7 heteroatoms. The van der Waals surface area contributed by atoms with Gasteiger partial charge in [0.25, 0.3) is 0 Å². The van der Waals surface area contributed by atoms with Crippen LogP contribution in [0.4, 0.5) is 4.39 Å². The number of nitrogens with one attached hydrogen (secondary N) is 1. The largest absolute Gasteiger partial charge is 0.351 e. The van der Waals surface area contributed by atoms with E-state index in [0.717, 1.165) is 5.56 Å². The molecule has 1 heterocycles. The van der Waals surface area contributed by atoms with E-state index in [9.17, 15) is 17.6 Å². The Balaban J connectivity index is 1.80. The number of hydrogen-bond acceptors (Lipinski definition) is 4. The molecule has 4 nitrogen and oxygen atoms in total. The molecule has 1 amide bonds. The summed E-state index contributed by atoms with van der Waals surface area (Å²) in [5, 5.41) is 2.46. The van der Waals surface area contributed by atoms with E-state index in [2.05, 4.69) is 5.32 Å². The summed E-state index contributed by atoms with van der Waals surface area (Å²) in [6.45, 7) is 1.77. The van der Waals surface area contributed by atoms with Crippen molar-refractivity contribution >= 4 is 27.5 Å². The molecule has 1 aromatic carbocycles. The standard InChI is InChI=1S/C14H18FNO3S2/c1-10(20-8-11-3-2-4-12(15)7-11)14(17)16-13-5-6-21(18,19)9-13/h2-4,7,10,13H,5-6,8-9H2,1H3,(H,16,17)/t10-,13+/m1/s1. The lowest BCUT2D eigenvalue weighted by molar-refractivity contribution is -0.120. The van der Waals surface area contributed by atoms with Crippen LogP contribution in [0.15, 0.2) is 24.3 Å². The fraction of sp³-hybridized carbons (Fsp3) is 0.500. The van der Waals surface area contributed by atoms with Crippen molar-refractivity contribution in [2.75, 3.05) is 11.5 Å². The molecule has 0 radical (unpaired) electrons. The zero-order valence-corrected chi connectivity index (χ0v) is 13.3. The van der Waals surface area contributed by atoms with Crippen LogP contribution in [0, 0.1) is 5.82 Å². The van der Waals surface area contributed by atoms with Gasteiger partial charge in [0, 0.05) is 11.8 Å². The number of carbonyl (C=O) groups excluding carboxylic acids is 1. The Bertz CT molecular complexity index is 618. The van der Waals surface area contributed by atoms with E-state index < -0.39 is 9.84 Å². The SMILES string of the molecule is C[C@@H](SCc1cccc(F)c1)C(=O)N[C@H]1CCS(=O)(=O)C1. The van der Waals surface area contributed by atoms with Crippen molar-refractivity contribution in [3.8, 4) is 0 Å². The highest BCUT2D eigenvalue weighted by Gasteiger charge is 2.29. The summed E-state index contributed by atoms with van der Waals surface area (Å²) < 4.78 is 35.7. The van der Waals surface area contributed by atoms with E-state index in [1.54, 1.807) is 13.0 Å². The van der Waals surface area contributed by atoms with E-state index in [1.165, 1.54) is 23.9 Å². The molecular weight excluding hydrogens is 313 g/mol. The normalized spacial score (nSPS) is 21.9. The molecule has 2 atom stereocenters. The van der Waals surface area contributed by atoms with Gasteiger partial charge in [-0.2, -0.15) is 0 Å². The molecule has 0 spiro atoms. The zero-order chi connectivity index (χ0) is 15.5. The number of benzene rings is 1. The van der Waals surface area contributed by atoms with Gasteiger partial charge in [-0.3, -0.25) is 4.79 Å². The van der Waals surface area contributed by atoms with Crippen molar-refractivity contribution in [1.82, 2.24) is 5.32 Å². The summed E-state index contributed by atoms with van der Waals surface area (Å²) in [5.74, 6) is 0.248. The smallest absolute Gasteiger partial charge is 0.233 e. The van der Waals surface area contributed by atoms with Crippen molar-refractivity contribution in [1.29, 1.82) is 0 Å². The molecule has 1 aliphatic heterocycles. The van der Waals surface area contributed by atoms with E-state index >= 15 is 0 Å². The number of carbonyl (C=O) groups is 1. The molecule has 0 unspecified atom stereocenters. The summed E-state index contributed by atoms with van der Waals surface area (Å²) >= 11 is 1.40. The molecule has 0 saturated carbocycles. The third kappa shape index (κ3) is 5.00. The highest BCUT2D eigenvalue weighted by atomic mass is 32.2. The lowest BCUT2D eigenvalue weighted by Crippen LogP contribution is -2.40. The van der Waals surface area contributed by atoms with Crippen molar-refractivity contribution in [3.63, 3.8) is 0 Å². The minimum atomic E-state index is -2.99. The third-order valence-electron chi connectivity index (χ3n) is 3.34. The molecule has 1 aliphatic rings. The van der Waals surface area contributed by atoms with E-state index in [4.69, 9.17) is 0 Å². The quantitative estimate of drug-likeness (QED) is 0.893. The van der Waals surface area contributed by atoms with Crippen LogP contribution >= 0.6 is 11.8 Å². The third-order valence-corrected chi connectivity index (χ3v) is 6.32. The second-order valence-corrected chi connectivity index (χ2v) is 8.75. The molecule has 0 aromatic heterocycles. The number of amides is 1. The van der Waals surface area contributed by atoms with Gasteiger partial charge in [0.05, 0.1) is 16.8 Å². The average Bonchev–Trinajstić information content (AvgIpc) is 2.75. The Morgan fingerprint density at radius 1 is 1.52 bits per heavy atom. The van der Waals surface area contributed by atoms with Gasteiger partial charge in [0.15, 0.2) is 9.84 Å². The summed E-state index contributed by atoms with van der Waals surface area (Å²) in [7, 11) is -2.99. The van der Waals surface area contributed by atoms with Gasteiger partial charge in [-0.25, -0.2) is 12.8 Å². The van der Waals surface area contributed by atoms with Crippen LogP contribution in [-0.4, -0.2) is 37.1 Å². The predicted molar refractivity (Wildman–Crippen MR) is 82.4 cm³/mol. The zero-order valence-electron chi connectivity index (χ0n) is 11.7. The van der Waals surface area contributed by atoms with E-state index in [0.29, 0.717) is 12.2 Å². The Kier molecular flexibility index (Phi) is 5.27. The van der Waals surface area contributed by atoms with Gasteiger partial charge < -0.3 is 5.32 Å². The number of thioether (sulfide) groups is 1. The Hall–Kier alpha value is -1.08. The van der Waals surface area contributed by atoms with E-state index in [1.807, 2.05) is 6.07 Å². The van der Waals surface area contributed by atoms with Crippen LogP contribution in [0.1, 0.15) is 18.9 Å². The fourth-order valence-electron chi connectivity index (χ4n) is 2.15. The van der Waals surface area contributed by atoms with Crippen LogP contribution in [-0.2, 0) is 20.4 Å². The van der Waals surface area contributed by atoms with E-state index in [-0.39, 0.29) is 34.5 Å². The number of hydrogen-bond donors (Lipinski definition) is 1. The molecule has 1 fully saturated rings. The highest BCUT2D eigenvalue weighted by molar-refractivity contribution is 7.99. The maximum atomic E-state index is 13.0. The highest BCUT2D eigenvalue weighted by Crippen LogP contribution is 2.19. The van der Waals surface area contributed by atoms with Gasteiger partial charge in [-0.05, 0) is 31.0 Å². The van der Waals surface area contributed by atoms with Crippen LogP contribution < -0.4 is 5.32 Å². The first-order valence-electron chi connectivity index (χ1n) is 6.72. The van der Waals surface area contributed by atoms with Crippen molar-refractivity contribution in [2.24, 2.45) is 0 Å². The van der Waals surface area contributed by atoms with Crippen molar-refractivity contribution in [2.45, 2.75) is 30.4 Å². The minimum absolute atomic E-state index is 0.0278. The monoisotopic (exact) mass is 331 g/mol. The first-order valence-corrected chi connectivity index (χ1v) is 9.59. The lowest BCUT2D eigenvalue weighted by atomic mass is 10.2. The molecule has 21 heavy (non-hydrogen) atoms. The second kappa shape index (κ2) is 6.79. The lowest BCUT2D eigenvalue weighted by Gasteiger charge is -2.15. The molecule has 0 bridgehead atoms. The van der Waals surface area contributed by atoms with Gasteiger partial charge >= 0.3 is 0 Å². The predicted octanol–water partition coefficient (Wildman–Crippen LogP) is 1.75. The summed E-state index contributed by atoms with van der Waals surface area (Å²) in [5.41, 5.74) is 0.822. The van der Waals surface area contributed by atoms with Crippen molar-refractivity contribution in [3.05, 3.63) is 35.6 Å². The molecule has 1 saturated heterocycles. The summed E-state index contributed by atoms with van der Waals surface area (Å²) in [6, 6.07) is 6.00. The van der Waals surface area contributed by atoms with Gasteiger partial charge in [-0.15, -0.1) is 11.8 Å². The van der Waals surface area contributed by atoms with Crippen molar-refractivity contribution < 1.29 is 17.6 Å². The molecule has 1 aromatic rings. The number of sulfone groups is 1. The minimum Gasteiger partial charge on any atom is -0.351 e. The maximum absolute atomic E-state index is 13.0.